The molecule has 222 valence electrons. The number of hydrogen-bond acceptors (Lipinski definition) is 8. The number of aryl methyl sites for hydroxylation is 2. The molecule has 11 nitrogen and oxygen atoms in total. The van der Waals surface area contributed by atoms with Gasteiger partial charge in [0.05, 0.1) is 11.3 Å². The normalized spacial score (nSPS) is 19.8. The first-order valence-corrected chi connectivity index (χ1v) is 14.6. The van der Waals surface area contributed by atoms with Crippen LogP contribution in [-0.4, -0.2) is 63.7 Å². The number of hydrogen-bond donors (Lipinski definition) is 1. The number of sulfonamides is 1. The number of pyridine rings is 1. The SMILES string of the molecule is Cc1nn(C)cc1S(=O)(=O)NC(=O)c1ccc(-n2ccc(OCC3(C(F)(F)F)CC3)n2)nc1N1CC(C)CC1(C)C. The van der Waals surface area contributed by atoms with Crippen molar-refractivity contribution >= 4 is 21.7 Å². The second-order valence-corrected chi connectivity index (χ2v) is 13.3. The van der Waals surface area contributed by atoms with Crippen LogP contribution in [0.2, 0.25) is 0 Å². The van der Waals surface area contributed by atoms with E-state index < -0.39 is 39.7 Å². The van der Waals surface area contributed by atoms with Gasteiger partial charge in [0.25, 0.3) is 15.9 Å². The number of carbonyl (C=O) groups excluding carboxylic acids is 1. The van der Waals surface area contributed by atoms with Gasteiger partial charge in [-0.15, -0.1) is 5.10 Å². The number of aromatic nitrogens is 5. The number of carbonyl (C=O) groups is 1. The summed E-state index contributed by atoms with van der Waals surface area (Å²) in [5, 5.41) is 8.28. The van der Waals surface area contributed by atoms with Crippen molar-refractivity contribution in [3.63, 3.8) is 0 Å². The Morgan fingerprint density at radius 2 is 1.90 bits per heavy atom. The van der Waals surface area contributed by atoms with Gasteiger partial charge in [0.1, 0.15) is 22.7 Å². The molecule has 3 aromatic heterocycles. The molecule has 41 heavy (non-hydrogen) atoms. The lowest BCUT2D eigenvalue weighted by Crippen LogP contribution is -2.41. The molecular formula is C26H32F3N7O4S. The van der Waals surface area contributed by atoms with Gasteiger partial charge in [-0.2, -0.15) is 18.3 Å². The van der Waals surface area contributed by atoms with Crippen molar-refractivity contribution in [2.45, 2.75) is 63.6 Å². The van der Waals surface area contributed by atoms with Crippen molar-refractivity contribution in [2.75, 3.05) is 18.1 Å². The number of nitrogens with zero attached hydrogens (tertiary/aromatic N) is 6. The summed E-state index contributed by atoms with van der Waals surface area (Å²) in [6.07, 6.45) is -0.673. The second kappa shape index (κ2) is 9.74. The maximum atomic E-state index is 13.4. The Hall–Kier alpha value is -3.62. The van der Waals surface area contributed by atoms with E-state index in [4.69, 9.17) is 9.72 Å². The van der Waals surface area contributed by atoms with Crippen LogP contribution < -0.4 is 14.4 Å². The summed E-state index contributed by atoms with van der Waals surface area (Å²) in [4.78, 5) is 20.0. The van der Waals surface area contributed by atoms with Crippen molar-refractivity contribution in [3.05, 3.63) is 41.9 Å². The van der Waals surface area contributed by atoms with Crippen LogP contribution >= 0.6 is 0 Å². The van der Waals surface area contributed by atoms with E-state index in [0.717, 1.165) is 6.42 Å². The van der Waals surface area contributed by atoms with Crippen LogP contribution in [0.3, 0.4) is 0 Å². The van der Waals surface area contributed by atoms with Crippen LogP contribution in [0.1, 0.15) is 56.1 Å². The zero-order valence-corrected chi connectivity index (χ0v) is 24.2. The summed E-state index contributed by atoms with van der Waals surface area (Å²) >= 11 is 0. The zero-order valence-electron chi connectivity index (χ0n) is 23.4. The summed E-state index contributed by atoms with van der Waals surface area (Å²) < 4.78 is 76.1. The smallest absolute Gasteiger partial charge is 0.397 e. The maximum Gasteiger partial charge on any atom is 0.397 e. The highest BCUT2D eigenvalue weighted by molar-refractivity contribution is 7.90. The Balaban J connectivity index is 1.45. The third-order valence-corrected chi connectivity index (χ3v) is 9.10. The molecule has 1 atom stereocenters. The molecular weight excluding hydrogens is 563 g/mol. The highest BCUT2D eigenvalue weighted by Gasteiger charge is 2.64. The summed E-state index contributed by atoms with van der Waals surface area (Å²) in [7, 11) is -2.64. The minimum Gasteiger partial charge on any atom is -0.476 e. The average Bonchev–Trinajstić information content (AvgIpc) is 3.24. The van der Waals surface area contributed by atoms with E-state index in [0.29, 0.717) is 6.54 Å². The quantitative estimate of drug-likeness (QED) is 0.418. The van der Waals surface area contributed by atoms with E-state index in [2.05, 4.69) is 21.8 Å². The summed E-state index contributed by atoms with van der Waals surface area (Å²) in [6.45, 7) is 7.69. The lowest BCUT2D eigenvalue weighted by Gasteiger charge is -2.34. The topological polar surface area (TPSA) is 124 Å². The average molecular weight is 596 g/mol. The fraction of sp³-hybridized carbons (Fsp3) is 0.538. The second-order valence-electron chi connectivity index (χ2n) is 11.6. The number of halogens is 3. The van der Waals surface area contributed by atoms with Crippen molar-refractivity contribution in [1.82, 2.24) is 29.3 Å². The molecule has 1 saturated carbocycles. The first-order chi connectivity index (χ1) is 19.0. The number of alkyl halides is 3. The van der Waals surface area contributed by atoms with Crippen LogP contribution in [0.5, 0.6) is 5.88 Å². The Bertz CT molecular complexity index is 1590. The van der Waals surface area contributed by atoms with Gasteiger partial charge >= 0.3 is 6.18 Å². The third-order valence-electron chi connectivity index (χ3n) is 7.67. The molecule has 0 spiro atoms. The molecule has 3 aromatic rings. The number of anilines is 1. The van der Waals surface area contributed by atoms with Crippen LogP contribution in [0.4, 0.5) is 19.0 Å². The molecule has 1 N–H and O–H groups in total. The molecule has 1 saturated heterocycles. The van der Waals surface area contributed by atoms with Gasteiger partial charge < -0.3 is 9.64 Å². The molecule has 1 aliphatic heterocycles. The summed E-state index contributed by atoms with van der Waals surface area (Å²) in [5.41, 5.74) is -1.93. The van der Waals surface area contributed by atoms with Gasteiger partial charge in [0.2, 0.25) is 5.88 Å². The lowest BCUT2D eigenvalue weighted by molar-refractivity contribution is -0.194. The molecule has 1 unspecified atom stereocenters. The molecule has 0 radical (unpaired) electrons. The molecule has 5 rings (SSSR count). The minimum absolute atomic E-state index is 0.0127. The Labute approximate surface area is 235 Å². The molecule has 0 aromatic carbocycles. The fourth-order valence-corrected chi connectivity index (χ4v) is 6.55. The predicted octanol–water partition coefficient (Wildman–Crippen LogP) is 3.77. The number of nitrogens with one attached hydrogen (secondary N) is 1. The molecule has 1 amide bonds. The van der Waals surface area contributed by atoms with Gasteiger partial charge in [0.15, 0.2) is 5.82 Å². The van der Waals surface area contributed by atoms with Gasteiger partial charge in [-0.05, 0) is 58.1 Å². The Kier molecular flexibility index (Phi) is 6.86. The molecule has 15 heteroatoms. The number of amides is 1. The first kappa shape index (κ1) is 28.9. The monoisotopic (exact) mass is 595 g/mol. The molecule has 2 aliphatic rings. The Morgan fingerprint density at radius 3 is 2.46 bits per heavy atom. The van der Waals surface area contributed by atoms with Gasteiger partial charge in [0, 0.05) is 37.6 Å². The number of rotatable bonds is 8. The molecule has 1 aliphatic carbocycles. The largest absolute Gasteiger partial charge is 0.476 e. The minimum atomic E-state index is -4.34. The predicted molar refractivity (Wildman–Crippen MR) is 142 cm³/mol. The standard InChI is InChI=1S/C26H32F3N7O4S/c1-16-12-24(3,4)35(13-16)22-18(23(37)33-41(38,39)19-14-34(5)31-17(19)2)6-7-20(30-22)36-11-8-21(32-36)40-15-25(9-10-25)26(27,28)29/h6-8,11,14,16H,9-10,12-13,15H2,1-5H3,(H,33,37). The van der Waals surface area contributed by atoms with E-state index in [1.54, 1.807) is 7.05 Å². The summed E-state index contributed by atoms with van der Waals surface area (Å²) in [5.74, 6) is -0.0203. The van der Waals surface area contributed by atoms with Crippen LogP contribution in [0, 0.1) is 18.3 Å². The van der Waals surface area contributed by atoms with E-state index >= 15 is 0 Å². The van der Waals surface area contributed by atoms with E-state index in [1.807, 2.05) is 18.7 Å². The molecule has 2 fully saturated rings. The van der Waals surface area contributed by atoms with E-state index in [-0.39, 0.29) is 52.4 Å². The van der Waals surface area contributed by atoms with Crippen LogP contribution in [0.25, 0.3) is 5.82 Å². The van der Waals surface area contributed by atoms with Gasteiger partial charge in [-0.25, -0.2) is 22.8 Å². The van der Waals surface area contributed by atoms with Crippen molar-refractivity contribution in [3.8, 4) is 11.7 Å². The van der Waals surface area contributed by atoms with E-state index in [9.17, 15) is 26.4 Å². The van der Waals surface area contributed by atoms with Crippen molar-refractivity contribution in [2.24, 2.45) is 18.4 Å². The van der Waals surface area contributed by atoms with Crippen molar-refractivity contribution < 1.29 is 31.1 Å². The highest BCUT2D eigenvalue weighted by Crippen LogP contribution is 2.57. The summed E-state index contributed by atoms with van der Waals surface area (Å²) in [6, 6.07) is 4.39. The number of ether oxygens (including phenoxy) is 1. The van der Waals surface area contributed by atoms with Crippen LogP contribution in [0.15, 0.2) is 35.5 Å². The van der Waals surface area contributed by atoms with Gasteiger partial charge in [-0.1, -0.05) is 6.92 Å². The van der Waals surface area contributed by atoms with E-state index in [1.165, 1.54) is 46.9 Å². The highest BCUT2D eigenvalue weighted by atomic mass is 32.2. The zero-order chi connectivity index (χ0) is 30.0. The fourth-order valence-electron chi connectivity index (χ4n) is 5.37. The van der Waals surface area contributed by atoms with Gasteiger partial charge in [-0.3, -0.25) is 9.48 Å². The molecule has 0 bridgehead atoms. The van der Waals surface area contributed by atoms with Crippen LogP contribution in [-0.2, 0) is 17.1 Å². The first-order valence-electron chi connectivity index (χ1n) is 13.1. The maximum absolute atomic E-state index is 13.4. The Morgan fingerprint density at radius 1 is 1.20 bits per heavy atom. The van der Waals surface area contributed by atoms with Crippen molar-refractivity contribution in [1.29, 1.82) is 0 Å². The third kappa shape index (κ3) is 5.51. The lowest BCUT2D eigenvalue weighted by atomic mass is 9.97. The molecule has 4 heterocycles.